The van der Waals surface area contributed by atoms with E-state index in [2.05, 4.69) is 0 Å². The molecule has 0 unspecified atom stereocenters. The van der Waals surface area contributed by atoms with Crippen molar-refractivity contribution in [2.45, 2.75) is 25.8 Å². The number of anilines is 2. The number of hydrogen-bond donors (Lipinski definition) is 1. The van der Waals surface area contributed by atoms with Crippen LogP contribution in [0.3, 0.4) is 0 Å². The first-order valence-electron chi connectivity index (χ1n) is 7.08. The highest BCUT2D eigenvalue weighted by atomic mass is 19.1. The van der Waals surface area contributed by atoms with E-state index in [9.17, 15) is 9.18 Å². The third kappa shape index (κ3) is 2.61. The van der Waals surface area contributed by atoms with E-state index in [1.165, 1.54) is 6.07 Å². The Balaban J connectivity index is 2.00. The molecular formula is C17H17FN2O. The second kappa shape index (κ2) is 5.56. The van der Waals surface area contributed by atoms with Gasteiger partial charge in [0.25, 0.3) is 0 Å². The molecule has 108 valence electrons. The number of nitrogens with two attached hydrogens (primary N) is 1. The Morgan fingerprint density at radius 1 is 1.10 bits per heavy atom. The highest BCUT2D eigenvalue weighted by Gasteiger charge is 2.23. The van der Waals surface area contributed by atoms with Gasteiger partial charge < -0.3 is 10.6 Å². The molecule has 0 bridgehead atoms. The van der Waals surface area contributed by atoms with Crippen LogP contribution in [-0.4, -0.2) is 5.91 Å². The van der Waals surface area contributed by atoms with E-state index in [0.717, 1.165) is 24.1 Å². The fourth-order valence-corrected chi connectivity index (χ4v) is 2.75. The van der Waals surface area contributed by atoms with Crippen molar-refractivity contribution in [2.75, 3.05) is 10.6 Å². The molecule has 2 N–H and O–H groups in total. The second-order valence-corrected chi connectivity index (χ2v) is 5.28. The summed E-state index contributed by atoms with van der Waals surface area (Å²) in [5.41, 5.74) is 8.17. The van der Waals surface area contributed by atoms with Crippen LogP contribution in [0.15, 0.2) is 42.5 Å². The standard InChI is InChI=1S/C17H17FN2O/c18-17-13(7-3-8-14(17)19)11-20-15-9-2-1-5-12(15)6-4-10-16(20)21/h1-3,5,7-9H,4,6,10-11,19H2. The smallest absolute Gasteiger partial charge is 0.227 e. The molecule has 0 atom stereocenters. The minimum Gasteiger partial charge on any atom is -0.396 e. The fourth-order valence-electron chi connectivity index (χ4n) is 2.75. The molecule has 0 aliphatic carbocycles. The van der Waals surface area contributed by atoms with E-state index >= 15 is 0 Å². The van der Waals surface area contributed by atoms with Crippen molar-refractivity contribution in [1.29, 1.82) is 0 Å². The number of rotatable bonds is 2. The number of amides is 1. The van der Waals surface area contributed by atoms with Gasteiger partial charge in [-0.05, 0) is 30.5 Å². The maximum atomic E-state index is 14.1. The minimum atomic E-state index is -0.438. The molecule has 2 aromatic carbocycles. The molecule has 0 saturated heterocycles. The number of para-hydroxylation sites is 1. The van der Waals surface area contributed by atoms with Crippen LogP contribution in [0.2, 0.25) is 0 Å². The van der Waals surface area contributed by atoms with Crippen LogP contribution in [-0.2, 0) is 17.8 Å². The van der Waals surface area contributed by atoms with Crippen LogP contribution in [0.5, 0.6) is 0 Å². The van der Waals surface area contributed by atoms with Gasteiger partial charge >= 0.3 is 0 Å². The monoisotopic (exact) mass is 284 g/mol. The zero-order valence-corrected chi connectivity index (χ0v) is 11.7. The lowest BCUT2D eigenvalue weighted by Crippen LogP contribution is -2.30. The summed E-state index contributed by atoms with van der Waals surface area (Å²) in [4.78, 5) is 14.0. The van der Waals surface area contributed by atoms with E-state index in [4.69, 9.17) is 5.73 Å². The number of nitrogens with zero attached hydrogens (tertiary/aromatic N) is 1. The molecular weight excluding hydrogens is 267 g/mol. The quantitative estimate of drug-likeness (QED) is 0.860. The normalized spacial score (nSPS) is 14.7. The Kier molecular flexibility index (Phi) is 3.60. The molecule has 21 heavy (non-hydrogen) atoms. The third-order valence-corrected chi connectivity index (χ3v) is 3.86. The fraction of sp³-hybridized carbons (Fsp3) is 0.235. The van der Waals surface area contributed by atoms with Gasteiger partial charge in [0.1, 0.15) is 0 Å². The predicted molar refractivity (Wildman–Crippen MR) is 81.4 cm³/mol. The van der Waals surface area contributed by atoms with Gasteiger partial charge in [0.05, 0.1) is 12.2 Å². The first kappa shape index (κ1) is 13.6. The molecule has 0 radical (unpaired) electrons. The van der Waals surface area contributed by atoms with E-state index in [1.54, 1.807) is 17.0 Å². The minimum absolute atomic E-state index is 0.0294. The van der Waals surface area contributed by atoms with E-state index < -0.39 is 5.82 Å². The van der Waals surface area contributed by atoms with E-state index in [-0.39, 0.29) is 18.1 Å². The number of aryl methyl sites for hydroxylation is 1. The summed E-state index contributed by atoms with van der Waals surface area (Å²) in [6, 6.07) is 12.7. The van der Waals surface area contributed by atoms with Crippen molar-refractivity contribution in [2.24, 2.45) is 0 Å². The maximum absolute atomic E-state index is 14.1. The first-order chi connectivity index (χ1) is 10.2. The highest BCUT2D eigenvalue weighted by Crippen LogP contribution is 2.29. The lowest BCUT2D eigenvalue weighted by Gasteiger charge is -2.23. The lowest BCUT2D eigenvalue weighted by molar-refractivity contribution is -0.118. The topological polar surface area (TPSA) is 46.3 Å². The van der Waals surface area contributed by atoms with Crippen LogP contribution in [0.1, 0.15) is 24.0 Å². The predicted octanol–water partition coefficient (Wildman–Crippen LogP) is 3.28. The molecule has 1 amide bonds. The van der Waals surface area contributed by atoms with E-state index in [1.807, 2.05) is 24.3 Å². The number of hydrogen-bond acceptors (Lipinski definition) is 2. The van der Waals surface area contributed by atoms with Gasteiger partial charge in [0, 0.05) is 17.7 Å². The summed E-state index contributed by atoms with van der Waals surface area (Å²) in [6.45, 7) is 0.215. The van der Waals surface area contributed by atoms with Crippen molar-refractivity contribution in [3.63, 3.8) is 0 Å². The van der Waals surface area contributed by atoms with Crippen molar-refractivity contribution >= 4 is 17.3 Å². The number of fused-ring (bicyclic) bond motifs is 1. The van der Waals surface area contributed by atoms with Crippen molar-refractivity contribution in [1.82, 2.24) is 0 Å². The van der Waals surface area contributed by atoms with Crippen LogP contribution >= 0.6 is 0 Å². The second-order valence-electron chi connectivity index (χ2n) is 5.28. The Morgan fingerprint density at radius 3 is 2.76 bits per heavy atom. The third-order valence-electron chi connectivity index (χ3n) is 3.86. The molecule has 1 heterocycles. The number of nitrogen functional groups attached to an aromatic ring is 1. The average molecular weight is 284 g/mol. The number of benzene rings is 2. The molecule has 0 aromatic heterocycles. The summed E-state index contributed by atoms with van der Waals surface area (Å²) >= 11 is 0. The molecule has 1 aliphatic rings. The van der Waals surface area contributed by atoms with Gasteiger partial charge in [-0.2, -0.15) is 0 Å². The molecule has 3 rings (SSSR count). The SMILES string of the molecule is Nc1cccc(CN2C(=O)CCCc3ccccc32)c1F. The number of carbonyl (C=O) groups excluding carboxylic acids is 1. The van der Waals surface area contributed by atoms with Crippen molar-refractivity contribution in [3.8, 4) is 0 Å². The summed E-state index contributed by atoms with van der Waals surface area (Å²) in [5.74, 6) is -0.409. The van der Waals surface area contributed by atoms with Crippen LogP contribution in [0, 0.1) is 5.82 Å². The Morgan fingerprint density at radius 2 is 1.90 bits per heavy atom. The van der Waals surface area contributed by atoms with Gasteiger partial charge in [0.15, 0.2) is 5.82 Å². The Labute approximate surface area is 123 Å². The van der Waals surface area contributed by atoms with Crippen molar-refractivity contribution in [3.05, 3.63) is 59.4 Å². The molecule has 2 aromatic rings. The largest absolute Gasteiger partial charge is 0.396 e. The van der Waals surface area contributed by atoms with Crippen LogP contribution < -0.4 is 10.6 Å². The Bertz CT molecular complexity index is 684. The molecule has 0 saturated carbocycles. The summed E-state index contributed by atoms with van der Waals surface area (Å²) in [5, 5.41) is 0. The van der Waals surface area contributed by atoms with Gasteiger partial charge in [-0.15, -0.1) is 0 Å². The van der Waals surface area contributed by atoms with E-state index in [0.29, 0.717) is 12.0 Å². The maximum Gasteiger partial charge on any atom is 0.227 e. The van der Waals surface area contributed by atoms with Crippen LogP contribution in [0.25, 0.3) is 0 Å². The van der Waals surface area contributed by atoms with Crippen molar-refractivity contribution < 1.29 is 9.18 Å². The van der Waals surface area contributed by atoms with Gasteiger partial charge in [-0.1, -0.05) is 30.3 Å². The summed E-state index contributed by atoms with van der Waals surface area (Å²) < 4.78 is 14.1. The van der Waals surface area contributed by atoms with Gasteiger partial charge in [-0.3, -0.25) is 4.79 Å². The van der Waals surface area contributed by atoms with Crippen LogP contribution in [0.4, 0.5) is 15.8 Å². The zero-order valence-electron chi connectivity index (χ0n) is 11.7. The lowest BCUT2D eigenvalue weighted by atomic mass is 10.1. The average Bonchev–Trinajstić information content (AvgIpc) is 2.64. The number of halogens is 1. The molecule has 1 aliphatic heterocycles. The number of carbonyl (C=O) groups is 1. The first-order valence-corrected chi connectivity index (χ1v) is 7.08. The molecule has 0 fully saturated rings. The molecule has 4 heteroatoms. The summed E-state index contributed by atoms with van der Waals surface area (Å²) in [7, 11) is 0. The Hall–Kier alpha value is -2.36. The van der Waals surface area contributed by atoms with Gasteiger partial charge in [0.2, 0.25) is 5.91 Å². The molecule has 3 nitrogen and oxygen atoms in total. The summed E-state index contributed by atoms with van der Waals surface area (Å²) in [6.07, 6.45) is 2.18. The zero-order chi connectivity index (χ0) is 14.8. The highest BCUT2D eigenvalue weighted by molar-refractivity contribution is 5.94. The molecule has 0 spiro atoms. The van der Waals surface area contributed by atoms with Gasteiger partial charge in [-0.25, -0.2) is 4.39 Å².